The summed E-state index contributed by atoms with van der Waals surface area (Å²) >= 11 is 0. The van der Waals surface area contributed by atoms with E-state index in [-0.39, 0.29) is 22.7 Å². The minimum atomic E-state index is -0.688. The molecule has 32 heavy (non-hydrogen) atoms. The molecule has 1 aromatic heterocycles. The summed E-state index contributed by atoms with van der Waals surface area (Å²) in [5.74, 6) is 0.117. The van der Waals surface area contributed by atoms with E-state index in [4.69, 9.17) is 18.6 Å². The van der Waals surface area contributed by atoms with Gasteiger partial charge in [-0.1, -0.05) is 13.0 Å². The van der Waals surface area contributed by atoms with Crippen molar-refractivity contribution >= 4 is 28.8 Å². The van der Waals surface area contributed by atoms with Crippen LogP contribution in [0.1, 0.15) is 41.8 Å². The van der Waals surface area contributed by atoms with Crippen molar-refractivity contribution in [3.8, 4) is 17.2 Å². The van der Waals surface area contributed by atoms with Gasteiger partial charge in [-0.15, -0.1) is 0 Å². The number of benzene rings is 2. The summed E-state index contributed by atoms with van der Waals surface area (Å²) in [6.45, 7) is 5.64. The molecule has 0 atom stereocenters. The molecule has 166 valence electrons. The third-order valence-electron chi connectivity index (χ3n) is 4.71. The Kier molecular flexibility index (Phi) is 7.10. The Morgan fingerprint density at radius 1 is 1.06 bits per heavy atom. The van der Waals surface area contributed by atoms with Crippen LogP contribution in [0.2, 0.25) is 0 Å². The molecule has 0 spiro atoms. The first-order valence-electron chi connectivity index (χ1n) is 10.1. The maximum Gasteiger partial charge on any atom is 0.336 e. The standard InChI is InChI=1S/C25H24O7/c1-5-12-30-19-9-6-17(14-21(19)29-4)7-11-22(27)31-20-10-8-18-15(2)13-23(28)32-25(18)24(20)16(3)26/h6-11,13-14H,5,12H2,1-4H3/b11-7+. The Labute approximate surface area is 185 Å². The number of hydrogen-bond acceptors (Lipinski definition) is 7. The van der Waals surface area contributed by atoms with Crippen molar-refractivity contribution in [3.05, 3.63) is 69.6 Å². The molecule has 1 heterocycles. The quantitative estimate of drug-likeness (QED) is 0.166. The topological polar surface area (TPSA) is 92.0 Å². The summed E-state index contributed by atoms with van der Waals surface area (Å²) in [6.07, 6.45) is 3.67. The van der Waals surface area contributed by atoms with Crippen LogP contribution in [-0.2, 0) is 4.79 Å². The Bertz CT molecular complexity index is 1250. The predicted molar refractivity (Wildman–Crippen MR) is 121 cm³/mol. The predicted octanol–water partition coefficient (Wildman–Crippen LogP) is 4.72. The molecule has 0 radical (unpaired) electrons. The van der Waals surface area contributed by atoms with Gasteiger partial charge in [0, 0.05) is 17.5 Å². The first-order chi connectivity index (χ1) is 15.3. The zero-order valence-corrected chi connectivity index (χ0v) is 18.4. The number of methoxy groups -OCH3 is 1. The van der Waals surface area contributed by atoms with Crippen LogP contribution in [0.4, 0.5) is 0 Å². The number of esters is 1. The van der Waals surface area contributed by atoms with E-state index in [2.05, 4.69) is 0 Å². The van der Waals surface area contributed by atoms with Gasteiger partial charge in [-0.2, -0.15) is 0 Å². The van der Waals surface area contributed by atoms with Crippen LogP contribution in [0.25, 0.3) is 17.0 Å². The van der Waals surface area contributed by atoms with Gasteiger partial charge in [-0.3, -0.25) is 4.79 Å². The number of fused-ring (bicyclic) bond motifs is 1. The second-order valence-corrected chi connectivity index (χ2v) is 7.13. The van der Waals surface area contributed by atoms with Gasteiger partial charge in [0.25, 0.3) is 0 Å². The van der Waals surface area contributed by atoms with E-state index >= 15 is 0 Å². The van der Waals surface area contributed by atoms with Gasteiger partial charge in [0.2, 0.25) is 0 Å². The maximum atomic E-state index is 12.4. The third-order valence-corrected chi connectivity index (χ3v) is 4.71. The van der Waals surface area contributed by atoms with E-state index in [0.29, 0.717) is 34.6 Å². The zero-order valence-electron chi connectivity index (χ0n) is 18.4. The molecular formula is C25H24O7. The second kappa shape index (κ2) is 9.96. The molecule has 3 rings (SSSR count). The van der Waals surface area contributed by atoms with Crippen molar-refractivity contribution in [1.82, 2.24) is 0 Å². The van der Waals surface area contributed by atoms with E-state index < -0.39 is 11.6 Å². The molecule has 7 nitrogen and oxygen atoms in total. The molecule has 0 bridgehead atoms. The minimum Gasteiger partial charge on any atom is -0.493 e. The lowest BCUT2D eigenvalue weighted by Crippen LogP contribution is -2.09. The summed E-state index contributed by atoms with van der Waals surface area (Å²) in [4.78, 5) is 36.5. The number of carbonyl (C=O) groups excluding carboxylic acids is 2. The number of rotatable bonds is 8. The Hall–Kier alpha value is -3.87. The smallest absolute Gasteiger partial charge is 0.336 e. The fourth-order valence-electron chi connectivity index (χ4n) is 3.21. The van der Waals surface area contributed by atoms with Crippen molar-refractivity contribution in [3.63, 3.8) is 0 Å². The first-order valence-corrected chi connectivity index (χ1v) is 10.1. The molecule has 7 heteroatoms. The van der Waals surface area contributed by atoms with Crippen molar-refractivity contribution in [2.24, 2.45) is 0 Å². The van der Waals surface area contributed by atoms with E-state index in [1.807, 2.05) is 6.92 Å². The molecule has 0 saturated heterocycles. The average molecular weight is 436 g/mol. The molecule has 3 aromatic rings. The zero-order chi connectivity index (χ0) is 23.3. The Morgan fingerprint density at radius 2 is 1.81 bits per heavy atom. The molecule has 0 aliphatic carbocycles. The Balaban J connectivity index is 1.86. The van der Waals surface area contributed by atoms with Crippen molar-refractivity contribution in [2.45, 2.75) is 27.2 Å². The fourth-order valence-corrected chi connectivity index (χ4v) is 3.21. The van der Waals surface area contributed by atoms with Crippen molar-refractivity contribution in [1.29, 1.82) is 0 Å². The van der Waals surface area contributed by atoms with Crippen LogP contribution >= 0.6 is 0 Å². The number of Topliss-reactive ketones (excluding diaryl/α,β-unsaturated/α-hetero) is 1. The minimum absolute atomic E-state index is 0.0225. The van der Waals surface area contributed by atoms with E-state index in [9.17, 15) is 14.4 Å². The lowest BCUT2D eigenvalue weighted by atomic mass is 10.0. The molecule has 0 aliphatic rings. The van der Waals surface area contributed by atoms with Gasteiger partial charge < -0.3 is 18.6 Å². The number of ether oxygens (including phenoxy) is 3. The van der Waals surface area contributed by atoms with E-state index in [1.165, 1.54) is 25.1 Å². The van der Waals surface area contributed by atoms with E-state index in [0.717, 1.165) is 6.42 Å². The highest BCUT2D eigenvalue weighted by Crippen LogP contribution is 2.30. The molecule has 0 amide bonds. The Morgan fingerprint density at radius 3 is 2.50 bits per heavy atom. The molecule has 0 saturated carbocycles. The van der Waals surface area contributed by atoms with Crippen LogP contribution in [0.5, 0.6) is 17.2 Å². The van der Waals surface area contributed by atoms with Crippen LogP contribution < -0.4 is 19.8 Å². The van der Waals surface area contributed by atoms with Crippen LogP contribution in [0.15, 0.2) is 51.7 Å². The molecule has 0 fully saturated rings. The molecule has 2 aromatic carbocycles. The van der Waals surface area contributed by atoms with Gasteiger partial charge in [0.05, 0.1) is 13.7 Å². The summed E-state index contributed by atoms with van der Waals surface area (Å²) in [7, 11) is 1.54. The van der Waals surface area contributed by atoms with Gasteiger partial charge >= 0.3 is 11.6 Å². The van der Waals surface area contributed by atoms with Gasteiger partial charge in [-0.05, 0) is 61.7 Å². The third kappa shape index (κ3) is 5.06. The van der Waals surface area contributed by atoms with Crippen LogP contribution in [0, 0.1) is 6.92 Å². The molecule has 0 N–H and O–H groups in total. The van der Waals surface area contributed by atoms with Gasteiger partial charge in [-0.25, -0.2) is 9.59 Å². The molecule has 0 aliphatic heterocycles. The summed E-state index contributed by atoms with van der Waals surface area (Å²) in [5, 5.41) is 0.600. The van der Waals surface area contributed by atoms with E-state index in [1.54, 1.807) is 44.4 Å². The van der Waals surface area contributed by atoms with Crippen molar-refractivity contribution < 1.29 is 28.2 Å². The highest BCUT2D eigenvalue weighted by atomic mass is 16.5. The SMILES string of the molecule is CCCOc1ccc(/C=C/C(=O)Oc2ccc3c(C)cc(=O)oc3c2C(C)=O)cc1OC. The second-order valence-electron chi connectivity index (χ2n) is 7.13. The van der Waals surface area contributed by atoms with Crippen LogP contribution in [-0.4, -0.2) is 25.5 Å². The number of hydrogen-bond donors (Lipinski definition) is 0. The van der Waals surface area contributed by atoms with Gasteiger partial charge in [0.1, 0.15) is 11.3 Å². The largest absolute Gasteiger partial charge is 0.493 e. The fraction of sp³-hybridized carbons (Fsp3) is 0.240. The van der Waals surface area contributed by atoms with Crippen molar-refractivity contribution in [2.75, 3.05) is 13.7 Å². The summed E-state index contributed by atoms with van der Waals surface area (Å²) in [6, 6.07) is 9.79. The summed E-state index contributed by atoms with van der Waals surface area (Å²) < 4.78 is 21.6. The monoisotopic (exact) mass is 436 g/mol. The number of aryl methyl sites for hydroxylation is 1. The number of carbonyl (C=O) groups is 2. The normalized spacial score (nSPS) is 11.0. The molecule has 0 unspecified atom stereocenters. The lowest BCUT2D eigenvalue weighted by molar-refractivity contribution is -0.128. The first kappa shape index (κ1) is 22.8. The highest BCUT2D eigenvalue weighted by molar-refractivity contribution is 6.08. The maximum absolute atomic E-state index is 12.4. The number of ketones is 1. The summed E-state index contributed by atoms with van der Waals surface area (Å²) in [5.41, 5.74) is 0.931. The highest BCUT2D eigenvalue weighted by Gasteiger charge is 2.19. The molecular weight excluding hydrogens is 412 g/mol. The average Bonchev–Trinajstić information content (AvgIpc) is 2.75. The van der Waals surface area contributed by atoms with Gasteiger partial charge in [0.15, 0.2) is 22.9 Å². The van der Waals surface area contributed by atoms with Crippen LogP contribution in [0.3, 0.4) is 0 Å². The lowest BCUT2D eigenvalue weighted by Gasteiger charge is -2.11.